The molecule has 1 aliphatic heterocycles. The minimum absolute atomic E-state index is 0.0259. The maximum Gasteiger partial charge on any atom is 0.167 e. The molecule has 29 heavy (non-hydrogen) atoms. The van der Waals surface area contributed by atoms with Gasteiger partial charge in [0.25, 0.3) is 0 Å². The Labute approximate surface area is 175 Å². The van der Waals surface area contributed by atoms with Crippen molar-refractivity contribution in [3.63, 3.8) is 0 Å². The van der Waals surface area contributed by atoms with Crippen LogP contribution in [0.3, 0.4) is 0 Å². The van der Waals surface area contributed by atoms with E-state index in [0.717, 1.165) is 31.9 Å². The summed E-state index contributed by atoms with van der Waals surface area (Å²) in [6.07, 6.45) is 2.56. The Morgan fingerprint density at radius 2 is 1.83 bits per heavy atom. The lowest BCUT2D eigenvalue weighted by Gasteiger charge is -2.45. The van der Waals surface area contributed by atoms with Crippen LogP contribution in [0.1, 0.15) is 58.3 Å². The number of anilines is 1. The van der Waals surface area contributed by atoms with Crippen molar-refractivity contribution in [2.75, 3.05) is 37.7 Å². The Morgan fingerprint density at radius 1 is 1.17 bits per heavy atom. The molecule has 1 saturated heterocycles. The predicted molar refractivity (Wildman–Crippen MR) is 117 cm³/mol. The van der Waals surface area contributed by atoms with Gasteiger partial charge < -0.3 is 9.64 Å². The highest BCUT2D eigenvalue weighted by molar-refractivity contribution is 5.97. The van der Waals surface area contributed by atoms with Crippen molar-refractivity contribution in [2.45, 2.75) is 60.0 Å². The van der Waals surface area contributed by atoms with Crippen LogP contribution in [0, 0.1) is 11.8 Å². The molecule has 1 aromatic heterocycles. The van der Waals surface area contributed by atoms with Crippen LogP contribution in [0.5, 0.6) is 0 Å². The largest absolute Gasteiger partial charge is 0.372 e. The van der Waals surface area contributed by atoms with Crippen molar-refractivity contribution in [3.8, 4) is 0 Å². The molecular formula is C23H37N3O3. The summed E-state index contributed by atoms with van der Waals surface area (Å²) >= 11 is 0. The number of pyridine rings is 1. The fourth-order valence-electron chi connectivity index (χ4n) is 3.75. The molecule has 6 heteroatoms. The number of piperazine rings is 1. The Kier molecular flexibility index (Phi) is 8.78. The number of aromatic nitrogens is 1. The van der Waals surface area contributed by atoms with Crippen molar-refractivity contribution < 1.29 is 14.3 Å². The van der Waals surface area contributed by atoms with Crippen LogP contribution in [-0.4, -0.2) is 66.4 Å². The van der Waals surface area contributed by atoms with Gasteiger partial charge in [-0.3, -0.25) is 14.5 Å². The number of Topliss-reactive ketones (excluding diaryl/α,β-unsaturated/α-hetero) is 2. The molecule has 0 radical (unpaired) electrons. The number of ketones is 2. The summed E-state index contributed by atoms with van der Waals surface area (Å²) in [5, 5.41) is 0. The molecule has 0 bridgehead atoms. The van der Waals surface area contributed by atoms with Gasteiger partial charge in [0, 0.05) is 55.3 Å². The molecule has 6 nitrogen and oxygen atoms in total. The zero-order valence-electron chi connectivity index (χ0n) is 18.9. The minimum Gasteiger partial charge on any atom is -0.372 e. The van der Waals surface area contributed by atoms with Crippen molar-refractivity contribution in [2.24, 2.45) is 11.8 Å². The molecule has 0 N–H and O–H groups in total. The molecule has 0 saturated carbocycles. The van der Waals surface area contributed by atoms with Gasteiger partial charge in [0.2, 0.25) is 0 Å². The highest BCUT2D eigenvalue weighted by atomic mass is 16.5. The van der Waals surface area contributed by atoms with E-state index < -0.39 is 0 Å². The summed E-state index contributed by atoms with van der Waals surface area (Å²) in [7, 11) is 0. The van der Waals surface area contributed by atoms with E-state index in [0.29, 0.717) is 24.3 Å². The maximum absolute atomic E-state index is 12.3. The standard InChI is InChI=1S/C23H37N3O3/c1-7-17(4)23(28)20-8-9-22(24-12-20)26-18(5)13-25(14-19(26)6)10-11-29-15-21(27)16(2)3/h8-9,12,16-19H,7,10-11,13-15H2,1-6H3/t17?,18-,19+. The SMILES string of the molecule is CCC(C)C(=O)c1ccc(N2[C@H](C)CN(CCOCC(=O)C(C)C)C[C@@H]2C)nc1. The van der Waals surface area contributed by atoms with Gasteiger partial charge in [-0.2, -0.15) is 0 Å². The number of carbonyl (C=O) groups excluding carboxylic acids is 2. The molecule has 0 amide bonds. The third kappa shape index (κ3) is 6.34. The van der Waals surface area contributed by atoms with E-state index in [1.54, 1.807) is 6.20 Å². The van der Waals surface area contributed by atoms with Gasteiger partial charge in [-0.1, -0.05) is 27.7 Å². The first-order valence-corrected chi connectivity index (χ1v) is 10.9. The van der Waals surface area contributed by atoms with E-state index in [1.807, 2.05) is 39.8 Å². The Balaban J connectivity index is 1.90. The third-order valence-electron chi connectivity index (χ3n) is 5.79. The summed E-state index contributed by atoms with van der Waals surface area (Å²) in [5.74, 6) is 1.29. The van der Waals surface area contributed by atoms with Gasteiger partial charge in [-0.15, -0.1) is 0 Å². The molecule has 0 aliphatic carbocycles. The number of nitrogens with zero attached hydrogens (tertiary/aromatic N) is 3. The average Bonchev–Trinajstić information content (AvgIpc) is 2.69. The highest BCUT2D eigenvalue weighted by Gasteiger charge is 2.30. The van der Waals surface area contributed by atoms with Crippen LogP contribution in [0.2, 0.25) is 0 Å². The Hall–Kier alpha value is -1.79. The molecular weight excluding hydrogens is 366 g/mol. The molecule has 0 spiro atoms. The van der Waals surface area contributed by atoms with Crippen molar-refractivity contribution >= 4 is 17.4 Å². The molecule has 1 fully saturated rings. The zero-order chi connectivity index (χ0) is 21.6. The molecule has 1 aliphatic rings. The first-order chi connectivity index (χ1) is 13.7. The van der Waals surface area contributed by atoms with Gasteiger partial charge >= 0.3 is 0 Å². The molecule has 1 aromatic rings. The number of hydrogen-bond acceptors (Lipinski definition) is 6. The van der Waals surface area contributed by atoms with E-state index >= 15 is 0 Å². The van der Waals surface area contributed by atoms with Crippen molar-refractivity contribution in [3.05, 3.63) is 23.9 Å². The summed E-state index contributed by atoms with van der Waals surface area (Å²) in [5.41, 5.74) is 0.690. The van der Waals surface area contributed by atoms with Gasteiger partial charge in [0.05, 0.1) is 6.61 Å². The van der Waals surface area contributed by atoms with E-state index in [4.69, 9.17) is 4.74 Å². The zero-order valence-corrected chi connectivity index (χ0v) is 18.9. The lowest BCUT2D eigenvalue weighted by molar-refractivity contribution is -0.126. The molecule has 2 rings (SSSR count). The molecule has 0 aromatic carbocycles. The minimum atomic E-state index is 0.0259. The van der Waals surface area contributed by atoms with Crippen LogP contribution >= 0.6 is 0 Å². The number of hydrogen-bond donors (Lipinski definition) is 0. The number of carbonyl (C=O) groups is 2. The van der Waals surface area contributed by atoms with E-state index in [2.05, 4.69) is 28.6 Å². The van der Waals surface area contributed by atoms with E-state index in [-0.39, 0.29) is 30.0 Å². The van der Waals surface area contributed by atoms with Crippen LogP contribution < -0.4 is 4.90 Å². The van der Waals surface area contributed by atoms with Gasteiger partial charge in [0.1, 0.15) is 12.4 Å². The Bertz CT molecular complexity index is 662. The smallest absolute Gasteiger partial charge is 0.167 e. The van der Waals surface area contributed by atoms with Crippen LogP contribution in [0.4, 0.5) is 5.82 Å². The van der Waals surface area contributed by atoms with Gasteiger partial charge in [-0.05, 0) is 32.4 Å². The van der Waals surface area contributed by atoms with Gasteiger partial charge in [-0.25, -0.2) is 4.98 Å². The number of ether oxygens (including phenoxy) is 1. The quantitative estimate of drug-likeness (QED) is 0.440. The molecule has 3 atom stereocenters. The summed E-state index contributed by atoms with van der Waals surface area (Å²) in [6.45, 7) is 15.6. The lowest BCUT2D eigenvalue weighted by atomic mass is 9.98. The summed E-state index contributed by atoms with van der Waals surface area (Å²) in [6, 6.07) is 4.49. The molecule has 1 unspecified atom stereocenters. The van der Waals surface area contributed by atoms with Crippen LogP contribution in [0.25, 0.3) is 0 Å². The van der Waals surface area contributed by atoms with Crippen molar-refractivity contribution in [1.29, 1.82) is 0 Å². The van der Waals surface area contributed by atoms with Gasteiger partial charge in [0.15, 0.2) is 11.6 Å². The fraction of sp³-hybridized carbons (Fsp3) is 0.696. The second-order valence-electron chi connectivity index (χ2n) is 8.62. The summed E-state index contributed by atoms with van der Waals surface area (Å²) < 4.78 is 5.56. The second-order valence-corrected chi connectivity index (χ2v) is 8.62. The molecule has 162 valence electrons. The van der Waals surface area contributed by atoms with E-state index in [9.17, 15) is 9.59 Å². The lowest BCUT2D eigenvalue weighted by Crippen LogP contribution is -2.57. The maximum atomic E-state index is 12.3. The third-order valence-corrected chi connectivity index (χ3v) is 5.79. The monoisotopic (exact) mass is 403 g/mol. The molecule has 2 heterocycles. The van der Waals surface area contributed by atoms with Crippen molar-refractivity contribution in [1.82, 2.24) is 9.88 Å². The fourth-order valence-corrected chi connectivity index (χ4v) is 3.75. The first kappa shape index (κ1) is 23.5. The number of rotatable bonds is 10. The highest BCUT2D eigenvalue weighted by Crippen LogP contribution is 2.23. The second kappa shape index (κ2) is 10.8. The summed E-state index contributed by atoms with van der Waals surface area (Å²) in [4.78, 5) is 33.3. The normalized spacial score (nSPS) is 21.4. The average molecular weight is 404 g/mol. The predicted octanol–water partition coefficient (Wildman–Crippen LogP) is 3.45. The topological polar surface area (TPSA) is 62.7 Å². The van der Waals surface area contributed by atoms with Crippen LogP contribution in [-0.2, 0) is 9.53 Å². The van der Waals surface area contributed by atoms with Crippen LogP contribution in [0.15, 0.2) is 18.3 Å². The van der Waals surface area contributed by atoms with E-state index in [1.165, 1.54) is 0 Å². The Morgan fingerprint density at radius 3 is 2.34 bits per heavy atom. The first-order valence-electron chi connectivity index (χ1n) is 10.9.